The first kappa shape index (κ1) is 15.5. The summed E-state index contributed by atoms with van der Waals surface area (Å²) in [6.45, 7) is 8.59. The molecule has 0 amide bonds. The summed E-state index contributed by atoms with van der Waals surface area (Å²) in [6.07, 6.45) is 8.55. The van der Waals surface area contributed by atoms with Gasteiger partial charge in [0.2, 0.25) is 0 Å². The van der Waals surface area contributed by atoms with Crippen molar-refractivity contribution in [2.24, 2.45) is 0 Å². The van der Waals surface area contributed by atoms with Crippen molar-refractivity contribution < 1.29 is 0 Å². The standard InChI is InChI=1S/C18H26N6/c1-12-7-17(20-11-19-12)24-13-5-6-14(24)9-15(8-13)23-10-16(21-22-23)18(2,3)4/h7,10-11,13-15H,5-6,8-9H2,1-4H3. The number of aromatic nitrogens is 5. The molecule has 2 fully saturated rings. The zero-order valence-corrected chi connectivity index (χ0v) is 15.0. The summed E-state index contributed by atoms with van der Waals surface area (Å²) in [5.41, 5.74) is 2.16. The summed E-state index contributed by atoms with van der Waals surface area (Å²) in [5.74, 6) is 1.09. The van der Waals surface area contributed by atoms with Crippen LogP contribution < -0.4 is 4.90 Å². The van der Waals surface area contributed by atoms with Crippen LogP contribution in [-0.4, -0.2) is 37.0 Å². The molecule has 6 heteroatoms. The van der Waals surface area contributed by atoms with Gasteiger partial charge in [0.1, 0.15) is 12.1 Å². The van der Waals surface area contributed by atoms with E-state index in [1.54, 1.807) is 6.33 Å². The Morgan fingerprint density at radius 1 is 1.04 bits per heavy atom. The molecule has 4 heterocycles. The van der Waals surface area contributed by atoms with Gasteiger partial charge in [0, 0.05) is 35.5 Å². The Balaban J connectivity index is 1.55. The second-order valence-electron chi connectivity index (χ2n) is 8.27. The van der Waals surface area contributed by atoms with Crippen LogP contribution in [0.25, 0.3) is 0 Å². The molecular weight excluding hydrogens is 300 g/mol. The fraction of sp³-hybridized carbons (Fsp3) is 0.667. The number of hydrogen-bond donors (Lipinski definition) is 0. The zero-order valence-electron chi connectivity index (χ0n) is 15.0. The van der Waals surface area contributed by atoms with Crippen molar-refractivity contribution in [3.05, 3.63) is 30.0 Å². The Hall–Kier alpha value is -1.98. The molecule has 0 aliphatic carbocycles. The number of piperidine rings is 1. The van der Waals surface area contributed by atoms with E-state index in [-0.39, 0.29) is 5.41 Å². The summed E-state index contributed by atoms with van der Waals surface area (Å²) in [4.78, 5) is 11.3. The average molecular weight is 326 g/mol. The van der Waals surface area contributed by atoms with Crippen molar-refractivity contribution in [2.75, 3.05) is 4.90 Å². The summed E-state index contributed by atoms with van der Waals surface area (Å²) in [6, 6.07) is 3.65. The smallest absolute Gasteiger partial charge is 0.132 e. The van der Waals surface area contributed by atoms with Crippen molar-refractivity contribution in [2.45, 2.75) is 76.9 Å². The minimum atomic E-state index is 0.0520. The van der Waals surface area contributed by atoms with E-state index in [1.165, 1.54) is 12.8 Å². The molecule has 24 heavy (non-hydrogen) atoms. The van der Waals surface area contributed by atoms with Crippen molar-refractivity contribution >= 4 is 5.82 Å². The summed E-state index contributed by atoms with van der Waals surface area (Å²) in [5, 5.41) is 8.84. The normalized spacial score (nSPS) is 26.8. The van der Waals surface area contributed by atoms with E-state index in [1.807, 2.05) is 6.92 Å². The van der Waals surface area contributed by atoms with Gasteiger partial charge in [-0.25, -0.2) is 14.6 Å². The molecular formula is C18H26N6. The molecule has 2 saturated heterocycles. The first-order valence-corrected chi connectivity index (χ1v) is 8.91. The van der Waals surface area contributed by atoms with Gasteiger partial charge in [-0.15, -0.1) is 5.10 Å². The molecule has 2 aromatic rings. The van der Waals surface area contributed by atoms with E-state index in [4.69, 9.17) is 0 Å². The molecule has 6 nitrogen and oxygen atoms in total. The fourth-order valence-corrected chi connectivity index (χ4v) is 4.12. The quantitative estimate of drug-likeness (QED) is 0.849. The molecule has 2 aliphatic rings. The molecule has 2 atom stereocenters. The molecule has 0 radical (unpaired) electrons. The van der Waals surface area contributed by atoms with Crippen LogP contribution in [0.15, 0.2) is 18.6 Å². The fourth-order valence-electron chi connectivity index (χ4n) is 4.12. The molecule has 4 rings (SSSR count). The summed E-state index contributed by atoms with van der Waals surface area (Å²) < 4.78 is 2.11. The lowest BCUT2D eigenvalue weighted by Crippen LogP contribution is -2.44. The number of anilines is 1. The Morgan fingerprint density at radius 3 is 2.33 bits per heavy atom. The number of rotatable bonds is 2. The van der Waals surface area contributed by atoms with Gasteiger partial charge in [0.05, 0.1) is 11.7 Å². The van der Waals surface area contributed by atoms with E-state index in [0.29, 0.717) is 18.1 Å². The highest BCUT2D eigenvalue weighted by atomic mass is 15.4. The Kier molecular flexibility index (Phi) is 3.58. The van der Waals surface area contributed by atoms with Crippen LogP contribution in [0.2, 0.25) is 0 Å². The molecule has 128 valence electrons. The molecule has 0 saturated carbocycles. The maximum atomic E-state index is 4.52. The van der Waals surface area contributed by atoms with Gasteiger partial charge in [-0.05, 0) is 32.6 Å². The van der Waals surface area contributed by atoms with Gasteiger partial charge < -0.3 is 4.90 Å². The number of nitrogens with zero attached hydrogens (tertiary/aromatic N) is 6. The predicted molar refractivity (Wildman–Crippen MR) is 93.1 cm³/mol. The highest BCUT2D eigenvalue weighted by molar-refractivity contribution is 5.44. The van der Waals surface area contributed by atoms with Crippen molar-refractivity contribution in [1.82, 2.24) is 25.0 Å². The zero-order chi connectivity index (χ0) is 16.9. The summed E-state index contributed by atoms with van der Waals surface area (Å²) in [7, 11) is 0. The highest BCUT2D eigenvalue weighted by Gasteiger charge is 2.42. The second kappa shape index (κ2) is 5.53. The maximum Gasteiger partial charge on any atom is 0.132 e. The average Bonchev–Trinajstić information content (AvgIpc) is 3.11. The van der Waals surface area contributed by atoms with E-state index >= 15 is 0 Å². The lowest BCUT2D eigenvalue weighted by Gasteiger charge is -2.39. The first-order chi connectivity index (χ1) is 11.4. The van der Waals surface area contributed by atoms with Crippen LogP contribution in [0.4, 0.5) is 5.82 Å². The molecule has 0 aromatic carbocycles. The Morgan fingerprint density at radius 2 is 1.75 bits per heavy atom. The number of aryl methyl sites for hydroxylation is 1. The van der Waals surface area contributed by atoms with E-state index in [0.717, 1.165) is 30.0 Å². The predicted octanol–water partition coefficient (Wildman–Crippen LogP) is 3.05. The molecule has 2 bridgehead atoms. The monoisotopic (exact) mass is 326 g/mol. The first-order valence-electron chi connectivity index (χ1n) is 8.91. The van der Waals surface area contributed by atoms with Gasteiger partial charge in [0.25, 0.3) is 0 Å². The second-order valence-corrected chi connectivity index (χ2v) is 8.27. The Bertz CT molecular complexity index is 717. The SMILES string of the molecule is Cc1cc(N2C3CCC2CC(n2cc(C(C)(C)C)nn2)C3)ncn1. The third-order valence-corrected chi connectivity index (χ3v) is 5.41. The Labute approximate surface area is 143 Å². The van der Waals surface area contributed by atoms with Gasteiger partial charge in [0.15, 0.2) is 0 Å². The van der Waals surface area contributed by atoms with Crippen LogP contribution >= 0.6 is 0 Å². The lowest BCUT2D eigenvalue weighted by atomic mass is 9.93. The molecule has 2 aromatic heterocycles. The van der Waals surface area contributed by atoms with E-state index in [2.05, 4.69) is 62.9 Å². The third kappa shape index (κ3) is 2.68. The van der Waals surface area contributed by atoms with Crippen LogP contribution in [-0.2, 0) is 5.41 Å². The van der Waals surface area contributed by atoms with Gasteiger partial charge in [-0.1, -0.05) is 26.0 Å². The number of fused-ring (bicyclic) bond motifs is 2. The van der Waals surface area contributed by atoms with Crippen LogP contribution in [0.1, 0.15) is 63.9 Å². The van der Waals surface area contributed by atoms with E-state index < -0.39 is 0 Å². The molecule has 0 spiro atoms. The van der Waals surface area contributed by atoms with Crippen LogP contribution in [0.5, 0.6) is 0 Å². The highest BCUT2D eigenvalue weighted by Crippen LogP contribution is 2.42. The molecule has 2 unspecified atom stereocenters. The van der Waals surface area contributed by atoms with Gasteiger partial charge in [-0.2, -0.15) is 0 Å². The van der Waals surface area contributed by atoms with Crippen molar-refractivity contribution in [3.8, 4) is 0 Å². The van der Waals surface area contributed by atoms with Crippen molar-refractivity contribution in [3.63, 3.8) is 0 Å². The topological polar surface area (TPSA) is 59.7 Å². The maximum absolute atomic E-state index is 4.52. The lowest BCUT2D eigenvalue weighted by molar-refractivity contribution is 0.309. The van der Waals surface area contributed by atoms with Crippen molar-refractivity contribution in [1.29, 1.82) is 0 Å². The van der Waals surface area contributed by atoms with Gasteiger partial charge >= 0.3 is 0 Å². The number of hydrogen-bond acceptors (Lipinski definition) is 5. The van der Waals surface area contributed by atoms with E-state index in [9.17, 15) is 0 Å². The minimum Gasteiger partial charge on any atom is -0.350 e. The third-order valence-electron chi connectivity index (χ3n) is 5.41. The molecule has 2 aliphatic heterocycles. The molecule has 0 N–H and O–H groups in total. The minimum absolute atomic E-state index is 0.0520. The summed E-state index contributed by atoms with van der Waals surface area (Å²) >= 11 is 0. The van der Waals surface area contributed by atoms with Gasteiger partial charge in [-0.3, -0.25) is 0 Å². The van der Waals surface area contributed by atoms with Crippen LogP contribution in [0, 0.1) is 6.92 Å². The largest absolute Gasteiger partial charge is 0.350 e. The van der Waals surface area contributed by atoms with Crippen LogP contribution in [0.3, 0.4) is 0 Å².